The summed E-state index contributed by atoms with van der Waals surface area (Å²) in [6, 6.07) is 5.89. The number of unbranched alkanes of at least 4 members (excludes halogenated alkanes) is 1. The van der Waals surface area contributed by atoms with Crippen molar-refractivity contribution in [1.82, 2.24) is 34.9 Å². The second kappa shape index (κ2) is 15.4. The Labute approximate surface area is 286 Å². The summed E-state index contributed by atoms with van der Waals surface area (Å²) in [5.74, 6) is -0.306. The maximum atomic E-state index is 14.1. The summed E-state index contributed by atoms with van der Waals surface area (Å²) in [4.78, 5) is 34.5. The number of aliphatic hydroxyl groups is 1. The number of aryl methyl sites for hydroxylation is 2. The van der Waals surface area contributed by atoms with Crippen LogP contribution in [-0.4, -0.2) is 115 Å². The van der Waals surface area contributed by atoms with Gasteiger partial charge in [-0.15, -0.1) is 0 Å². The molecule has 1 unspecified atom stereocenters. The molecule has 3 heterocycles. The Morgan fingerprint density at radius 3 is 2.33 bits per heavy atom. The molecule has 48 heavy (non-hydrogen) atoms. The predicted molar refractivity (Wildman–Crippen MR) is 185 cm³/mol. The largest absolute Gasteiger partial charge is 0.390 e. The fourth-order valence-electron chi connectivity index (χ4n) is 7.95. The van der Waals surface area contributed by atoms with Gasteiger partial charge >= 0.3 is 0 Å². The van der Waals surface area contributed by atoms with Crippen molar-refractivity contribution in [2.24, 2.45) is 5.92 Å². The number of nitrogens with one attached hydrogen (secondary N) is 3. The van der Waals surface area contributed by atoms with Crippen LogP contribution in [0.4, 0.5) is 0 Å². The van der Waals surface area contributed by atoms with Crippen LogP contribution in [0.25, 0.3) is 0 Å². The van der Waals surface area contributed by atoms with Crippen LogP contribution in [0.15, 0.2) is 29.2 Å². The maximum absolute atomic E-state index is 14.1. The molecule has 3 atom stereocenters. The van der Waals surface area contributed by atoms with E-state index in [1.807, 2.05) is 45.0 Å². The third kappa shape index (κ3) is 7.50. The van der Waals surface area contributed by atoms with Crippen LogP contribution >= 0.6 is 0 Å². The molecule has 2 amide bonds. The number of carbonyl (C=O) groups excluding carboxylic acids is 2. The average Bonchev–Trinajstić information content (AvgIpc) is 3.40. The zero-order valence-electron chi connectivity index (χ0n) is 29.3. The van der Waals surface area contributed by atoms with E-state index in [1.165, 1.54) is 0 Å². The smallest absolute Gasteiger partial charge is 0.248 e. The second-order valence-corrected chi connectivity index (χ2v) is 16.0. The summed E-state index contributed by atoms with van der Waals surface area (Å²) < 4.78 is 28.6. The Hall–Kier alpha value is -2.84. The number of aliphatic hydroxyl groups excluding tert-OH is 1. The second-order valence-electron chi connectivity index (χ2n) is 14.3. The first-order valence-electron chi connectivity index (χ1n) is 17.7. The van der Waals surface area contributed by atoms with Crippen LogP contribution in [0.1, 0.15) is 93.3 Å². The number of carbonyl (C=O) groups is 2. The quantitative estimate of drug-likeness (QED) is 0.252. The minimum Gasteiger partial charge on any atom is -0.390 e. The van der Waals surface area contributed by atoms with Gasteiger partial charge in [0.05, 0.1) is 22.7 Å². The highest BCUT2D eigenvalue weighted by Gasteiger charge is 2.55. The average molecular weight is 686 g/mol. The number of hydrogen-bond acceptors (Lipinski definition) is 8. The van der Waals surface area contributed by atoms with Gasteiger partial charge in [0.25, 0.3) is 0 Å². The summed E-state index contributed by atoms with van der Waals surface area (Å²) in [6.07, 6.45) is 6.69. The summed E-state index contributed by atoms with van der Waals surface area (Å²) in [5.41, 5.74) is 2.75. The lowest BCUT2D eigenvalue weighted by Crippen LogP contribution is -2.75. The topological polar surface area (TPSA) is 151 Å². The van der Waals surface area contributed by atoms with Crippen molar-refractivity contribution in [2.75, 3.05) is 46.8 Å². The highest BCUT2D eigenvalue weighted by molar-refractivity contribution is 7.89. The Morgan fingerprint density at radius 2 is 1.75 bits per heavy atom. The highest BCUT2D eigenvalue weighted by Crippen LogP contribution is 2.40. The minimum absolute atomic E-state index is 0.0225. The number of H-pyrrole nitrogens is 1. The van der Waals surface area contributed by atoms with Crippen molar-refractivity contribution in [2.45, 2.75) is 107 Å². The van der Waals surface area contributed by atoms with Crippen molar-refractivity contribution in [3.05, 3.63) is 46.8 Å². The number of benzene rings is 1. The van der Waals surface area contributed by atoms with Gasteiger partial charge < -0.3 is 20.2 Å². The number of aromatic nitrogens is 2. The molecule has 5 rings (SSSR count). The number of amides is 2. The number of piperidine rings is 1. The maximum Gasteiger partial charge on any atom is 0.248 e. The van der Waals surface area contributed by atoms with E-state index in [-0.39, 0.29) is 28.7 Å². The number of sulfonamides is 1. The van der Waals surface area contributed by atoms with Gasteiger partial charge in [-0.25, -0.2) is 13.1 Å². The molecule has 2 aromatic rings. The van der Waals surface area contributed by atoms with Gasteiger partial charge in [-0.2, -0.15) is 5.10 Å². The third-order valence-electron chi connectivity index (χ3n) is 10.8. The van der Waals surface area contributed by atoms with E-state index in [4.69, 9.17) is 0 Å². The number of likely N-dealkylation sites (N-methyl/N-ethyl adjacent to an activating group) is 1. The standard InChI is InChI=1S/C35H55N7O5S/c1-6-7-20-42-33(44)30(32(43)27-11-9-8-10-12-27)37-34(45)35(42)17-21-41(22-18-35)31(29-24(2)38-39-25(29)3)26-13-15-28(16-14-26)48(46,47)36-19-23-40(4)5/h13-16,27,30-32,36,43H,6-12,17-23H2,1-5H3,(H,37,45)(H,38,39)/t30-,31?,32-/m1/s1. The van der Waals surface area contributed by atoms with Gasteiger partial charge in [-0.1, -0.05) is 44.7 Å². The highest BCUT2D eigenvalue weighted by atomic mass is 32.2. The van der Waals surface area contributed by atoms with Crippen LogP contribution in [0, 0.1) is 19.8 Å². The van der Waals surface area contributed by atoms with Crippen molar-refractivity contribution in [3.63, 3.8) is 0 Å². The molecule has 1 aromatic heterocycles. The van der Waals surface area contributed by atoms with Crippen molar-refractivity contribution in [1.29, 1.82) is 0 Å². The summed E-state index contributed by atoms with van der Waals surface area (Å²) in [6.45, 7) is 8.50. The molecule has 1 spiro atoms. The zero-order valence-corrected chi connectivity index (χ0v) is 30.1. The summed E-state index contributed by atoms with van der Waals surface area (Å²) in [7, 11) is 0.126. The summed E-state index contributed by atoms with van der Waals surface area (Å²) >= 11 is 0. The molecule has 13 heteroatoms. The normalized spacial score (nSPS) is 22.3. The van der Waals surface area contributed by atoms with E-state index in [9.17, 15) is 23.1 Å². The minimum atomic E-state index is -3.66. The fraction of sp³-hybridized carbons (Fsp3) is 0.686. The molecule has 12 nitrogen and oxygen atoms in total. The molecular weight excluding hydrogens is 630 g/mol. The molecular formula is C35H55N7O5S. The number of nitrogens with zero attached hydrogens (tertiary/aromatic N) is 4. The van der Waals surface area contributed by atoms with Crippen LogP contribution in [0.3, 0.4) is 0 Å². The van der Waals surface area contributed by atoms with E-state index < -0.39 is 27.7 Å². The number of aromatic amines is 1. The van der Waals surface area contributed by atoms with Crippen molar-refractivity contribution in [3.8, 4) is 0 Å². The van der Waals surface area contributed by atoms with Crippen LogP contribution in [0.2, 0.25) is 0 Å². The van der Waals surface area contributed by atoms with E-state index in [2.05, 4.69) is 32.1 Å². The van der Waals surface area contributed by atoms with Gasteiger partial charge in [0, 0.05) is 44.0 Å². The van der Waals surface area contributed by atoms with Crippen molar-refractivity contribution < 1.29 is 23.1 Å². The molecule has 1 aliphatic carbocycles. The van der Waals surface area contributed by atoms with Gasteiger partial charge in [0.1, 0.15) is 11.6 Å². The molecule has 2 aliphatic heterocycles. The Kier molecular flexibility index (Phi) is 11.7. The number of likely N-dealkylation sites (tertiary alicyclic amines) is 1. The predicted octanol–water partition coefficient (Wildman–Crippen LogP) is 2.86. The van der Waals surface area contributed by atoms with E-state index in [0.717, 1.165) is 67.5 Å². The molecule has 0 radical (unpaired) electrons. The fourth-order valence-corrected chi connectivity index (χ4v) is 8.97. The first kappa shape index (κ1) is 36.4. The van der Waals surface area contributed by atoms with Gasteiger partial charge in [-0.3, -0.25) is 19.6 Å². The lowest BCUT2D eigenvalue weighted by Gasteiger charge is -2.53. The molecule has 3 aliphatic rings. The van der Waals surface area contributed by atoms with E-state index in [0.29, 0.717) is 45.6 Å². The molecule has 3 fully saturated rings. The van der Waals surface area contributed by atoms with Gasteiger partial charge in [0.2, 0.25) is 21.8 Å². The first-order valence-corrected chi connectivity index (χ1v) is 19.2. The molecule has 266 valence electrons. The summed E-state index contributed by atoms with van der Waals surface area (Å²) in [5, 5.41) is 21.9. The molecule has 2 saturated heterocycles. The lowest BCUT2D eigenvalue weighted by atomic mass is 9.77. The number of hydrogen-bond donors (Lipinski definition) is 4. The molecule has 1 saturated carbocycles. The van der Waals surface area contributed by atoms with E-state index in [1.54, 1.807) is 17.0 Å². The first-order chi connectivity index (χ1) is 22.9. The van der Waals surface area contributed by atoms with Crippen molar-refractivity contribution >= 4 is 21.8 Å². The SMILES string of the molecule is CCCCN1C(=O)[C@@H]([C@H](O)C2CCCCC2)NC(=O)C12CCN(C(c1ccc(S(=O)(=O)NCCN(C)C)cc1)c1c(C)n[nH]c1C)CC2. The van der Waals surface area contributed by atoms with E-state index >= 15 is 0 Å². The van der Waals surface area contributed by atoms with Crippen LogP contribution < -0.4 is 10.0 Å². The van der Waals surface area contributed by atoms with Gasteiger partial charge in [-0.05, 0) is 83.7 Å². The van der Waals surface area contributed by atoms with Crippen LogP contribution in [0.5, 0.6) is 0 Å². The molecule has 0 bridgehead atoms. The van der Waals surface area contributed by atoms with Crippen LogP contribution in [-0.2, 0) is 19.6 Å². The van der Waals surface area contributed by atoms with Gasteiger partial charge in [0.15, 0.2) is 0 Å². The Morgan fingerprint density at radius 1 is 1.08 bits per heavy atom. The lowest BCUT2D eigenvalue weighted by molar-refractivity contribution is -0.166. The molecule has 4 N–H and O–H groups in total. The Bertz CT molecular complexity index is 1490. The number of piperazine rings is 1. The third-order valence-corrected chi connectivity index (χ3v) is 12.3. The Balaban J connectivity index is 1.39. The molecule has 1 aromatic carbocycles. The number of rotatable bonds is 13. The zero-order chi connectivity index (χ0) is 34.6. The monoisotopic (exact) mass is 685 g/mol.